The molecule has 0 N–H and O–H groups in total. The van der Waals surface area contributed by atoms with E-state index < -0.39 is 0 Å². The van der Waals surface area contributed by atoms with Crippen LogP contribution in [-0.2, 0) is 4.74 Å². The highest BCUT2D eigenvalue weighted by Gasteiger charge is 2.09. The minimum Gasteiger partial charge on any atom is -0.459 e. The summed E-state index contributed by atoms with van der Waals surface area (Å²) in [5.41, 5.74) is 1.02. The zero-order valence-corrected chi connectivity index (χ0v) is 8.86. The van der Waals surface area contributed by atoms with Gasteiger partial charge in [0.25, 0.3) is 0 Å². The first kappa shape index (κ1) is 11.3. The molecule has 0 amide bonds. The van der Waals surface area contributed by atoms with E-state index in [1.165, 1.54) is 0 Å². The molecule has 3 nitrogen and oxygen atoms in total. The van der Waals surface area contributed by atoms with Crippen LogP contribution in [0.25, 0.3) is 0 Å². The van der Waals surface area contributed by atoms with Gasteiger partial charge in [-0.25, -0.2) is 4.79 Å². The Morgan fingerprint density at radius 3 is 2.53 bits per heavy atom. The minimum atomic E-state index is -0.339. The topological polar surface area (TPSA) is 50.1 Å². The number of nitrogens with zero attached hydrogens (tertiary/aromatic N) is 1. The van der Waals surface area contributed by atoms with Crippen LogP contribution in [0, 0.1) is 11.3 Å². The largest absolute Gasteiger partial charge is 0.459 e. The highest BCUT2D eigenvalue weighted by Crippen LogP contribution is 2.07. The predicted molar refractivity (Wildman–Crippen MR) is 56.3 cm³/mol. The summed E-state index contributed by atoms with van der Waals surface area (Å²) < 4.78 is 5.14. The molecular formula is C12H13NO2. The van der Waals surface area contributed by atoms with E-state index in [0.29, 0.717) is 11.1 Å². The van der Waals surface area contributed by atoms with Crippen LogP contribution in [0.3, 0.4) is 0 Å². The van der Waals surface area contributed by atoms with Crippen LogP contribution < -0.4 is 0 Å². The van der Waals surface area contributed by atoms with Gasteiger partial charge in [0.2, 0.25) is 0 Å². The van der Waals surface area contributed by atoms with Gasteiger partial charge in [-0.05, 0) is 37.6 Å². The third-order valence-electron chi connectivity index (χ3n) is 2.13. The zero-order chi connectivity index (χ0) is 11.3. The Balaban J connectivity index is 2.71. The van der Waals surface area contributed by atoms with Crippen molar-refractivity contribution in [2.75, 3.05) is 0 Å². The second-order valence-electron chi connectivity index (χ2n) is 3.31. The molecule has 78 valence electrons. The van der Waals surface area contributed by atoms with E-state index in [1.807, 2.05) is 19.9 Å². The van der Waals surface area contributed by atoms with Crippen LogP contribution in [0.15, 0.2) is 24.3 Å². The van der Waals surface area contributed by atoms with Crippen molar-refractivity contribution >= 4 is 5.97 Å². The fourth-order valence-corrected chi connectivity index (χ4v) is 1.01. The molecule has 0 heterocycles. The molecule has 0 saturated carbocycles. The lowest BCUT2D eigenvalue weighted by molar-refractivity contribution is 0.0334. The van der Waals surface area contributed by atoms with Crippen molar-refractivity contribution in [3.63, 3.8) is 0 Å². The Morgan fingerprint density at radius 2 is 2.07 bits per heavy atom. The Kier molecular flexibility index (Phi) is 3.87. The summed E-state index contributed by atoms with van der Waals surface area (Å²) in [6, 6.07) is 8.40. The monoisotopic (exact) mass is 203 g/mol. The van der Waals surface area contributed by atoms with Gasteiger partial charge in [-0.3, -0.25) is 0 Å². The average Bonchev–Trinajstić information content (AvgIpc) is 2.29. The van der Waals surface area contributed by atoms with Gasteiger partial charge in [-0.1, -0.05) is 6.92 Å². The molecule has 1 unspecified atom stereocenters. The highest BCUT2D eigenvalue weighted by molar-refractivity contribution is 5.89. The highest BCUT2D eigenvalue weighted by atomic mass is 16.5. The molecule has 1 aromatic carbocycles. The number of hydrogen-bond acceptors (Lipinski definition) is 3. The fraction of sp³-hybridized carbons (Fsp3) is 0.333. The van der Waals surface area contributed by atoms with Crippen LogP contribution in [0.4, 0.5) is 0 Å². The molecule has 0 radical (unpaired) electrons. The van der Waals surface area contributed by atoms with Gasteiger partial charge < -0.3 is 4.74 Å². The number of carbonyl (C=O) groups is 1. The van der Waals surface area contributed by atoms with Crippen molar-refractivity contribution < 1.29 is 9.53 Å². The maximum Gasteiger partial charge on any atom is 0.338 e. The molecule has 1 atom stereocenters. The third kappa shape index (κ3) is 3.10. The minimum absolute atomic E-state index is 0.0758. The van der Waals surface area contributed by atoms with Crippen molar-refractivity contribution in [2.45, 2.75) is 26.4 Å². The third-order valence-corrected chi connectivity index (χ3v) is 2.13. The molecule has 0 spiro atoms. The van der Waals surface area contributed by atoms with Gasteiger partial charge in [0, 0.05) is 0 Å². The lowest BCUT2D eigenvalue weighted by atomic mass is 10.1. The van der Waals surface area contributed by atoms with Crippen LogP contribution in [-0.4, -0.2) is 12.1 Å². The van der Waals surface area contributed by atoms with Gasteiger partial charge in [0.1, 0.15) is 0 Å². The second kappa shape index (κ2) is 5.16. The quantitative estimate of drug-likeness (QED) is 0.709. The summed E-state index contributed by atoms with van der Waals surface area (Å²) >= 11 is 0. The Hall–Kier alpha value is -1.82. The molecule has 3 heteroatoms. The summed E-state index contributed by atoms with van der Waals surface area (Å²) in [7, 11) is 0. The van der Waals surface area contributed by atoms with E-state index in [0.717, 1.165) is 6.42 Å². The van der Waals surface area contributed by atoms with Crippen molar-refractivity contribution in [3.05, 3.63) is 35.4 Å². The van der Waals surface area contributed by atoms with Crippen molar-refractivity contribution in [3.8, 4) is 6.07 Å². The van der Waals surface area contributed by atoms with Gasteiger partial charge >= 0.3 is 5.97 Å². The molecular weight excluding hydrogens is 190 g/mol. The van der Waals surface area contributed by atoms with E-state index in [9.17, 15) is 4.79 Å². The Morgan fingerprint density at radius 1 is 1.47 bits per heavy atom. The van der Waals surface area contributed by atoms with Crippen LogP contribution in [0.5, 0.6) is 0 Å². The molecule has 0 aliphatic carbocycles. The Labute approximate surface area is 89.3 Å². The van der Waals surface area contributed by atoms with Gasteiger partial charge in [-0.2, -0.15) is 5.26 Å². The van der Waals surface area contributed by atoms with E-state index in [1.54, 1.807) is 24.3 Å². The summed E-state index contributed by atoms with van der Waals surface area (Å²) in [4.78, 5) is 11.5. The lowest BCUT2D eigenvalue weighted by Gasteiger charge is -2.10. The molecule has 0 fully saturated rings. The summed E-state index contributed by atoms with van der Waals surface area (Å²) in [6.45, 7) is 3.80. The fourth-order valence-electron chi connectivity index (χ4n) is 1.01. The molecule has 15 heavy (non-hydrogen) atoms. The molecule has 0 aliphatic heterocycles. The van der Waals surface area contributed by atoms with Gasteiger partial charge in [0.05, 0.1) is 23.3 Å². The molecule has 0 bridgehead atoms. The van der Waals surface area contributed by atoms with Crippen LogP contribution in [0.2, 0.25) is 0 Å². The van der Waals surface area contributed by atoms with Gasteiger partial charge in [0.15, 0.2) is 0 Å². The zero-order valence-electron chi connectivity index (χ0n) is 8.86. The SMILES string of the molecule is CCC(C)OC(=O)c1ccc(C#N)cc1. The molecule has 1 aromatic rings. The van der Waals surface area contributed by atoms with E-state index in [-0.39, 0.29) is 12.1 Å². The number of carbonyl (C=O) groups excluding carboxylic acids is 1. The van der Waals surface area contributed by atoms with E-state index in [4.69, 9.17) is 10.00 Å². The van der Waals surface area contributed by atoms with E-state index in [2.05, 4.69) is 0 Å². The predicted octanol–water partition coefficient (Wildman–Crippen LogP) is 2.51. The van der Waals surface area contributed by atoms with Crippen LogP contribution in [0.1, 0.15) is 36.2 Å². The first-order valence-corrected chi connectivity index (χ1v) is 4.88. The molecule has 1 rings (SSSR count). The number of hydrogen-bond donors (Lipinski definition) is 0. The first-order chi connectivity index (χ1) is 7.17. The lowest BCUT2D eigenvalue weighted by Crippen LogP contribution is -2.13. The van der Waals surface area contributed by atoms with Crippen molar-refractivity contribution in [1.82, 2.24) is 0 Å². The van der Waals surface area contributed by atoms with E-state index >= 15 is 0 Å². The van der Waals surface area contributed by atoms with Crippen molar-refractivity contribution in [1.29, 1.82) is 5.26 Å². The number of rotatable bonds is 3. The van der Waals surface area contributed by atoms with Crippen LogP contribution >= 0.6 is 0 Å². The number of esters is 1. The standard InChI is InChI=1S/C12H13NO2/c1-3-9(2)15-12(14)11-6-4-10(8-13)5-7-11/h4-7,9H,3H2,1-2H3. The molecule has 0 aliphatic rings. The maximum absolute atomic E-state index is 11.5. The smallest absolute Gasteiger partial charge is 0.338 e. The first-order valence-electron chi connectivity index (χ1n) is 4.88. The van der Waals surface area contributed by atoms with Crippen molar-refractivity contribution in [2.24, 2.45) is 0 Å². The maximum atomic E-state index is 11.5. The second-order valence-corrected chi connectivity index (χ2v) is 3.31. The summed E-state index contributed by atoms with van der Waals surface area (Å²) in [5, 5.41) is 8.58. The van der Waals surface area contributed by atoms with Gasteiger partial charge in [-0.15, -0.1) is 0 Å². The molecule has 0 saturated heterocycles. The summed E-state index contributed by atoms with van der Waals surface area (Å²) in [5.74, 6) is -0.339. The number of benzene rings is 1. The Bertz CT molecular complexity index is 376. The summed E-state index contributed by atoms with van der Waals surface area (Å²) in [6.07, 6.45) is 0.718. The normalized spacial score (nSPS) is 11.5. The number of ether oxygens (including phenoxy) is 1. The molecule has 0 aromatic heterocycles. The number of nitriles is 1. The average molecular weight is 203 g/mol.